The predicted octanol–water partition coefficient (Wildman–Crippen LogP) is 4.69. The highest BCUT2D eigenvalue weighted by atomic mass is 32.2. The van der Waals surface area contributed by atoms with E-state index in [0.717, 1.165) is 6.07 Å². The molecule has 0 amide bonds. The van der Waals surface area contributed by atoms with Gasteiger partial charge < -0.3 is 15.8 Å². The smallest absolute Gasteiger partial charge is 0.253 e. The van der Waals surface area contributed by atoms with E-state index < -0.39 is 29.2 Å². The number of nitrogens with zero attached hydrogens (tertiary/aromatic N) is 4. The van der Waals surface area contributed by atoms with E-state index >= 15 is 0 Å². The molecule has 35 heavy (non-hydrogen) atoms. The molecule has 3 aromatic rings. The van der Waals surface area contributed by atoms with Crippen LogP contribution in [0.25, 0.3) is 11.0 Å². The van der Waals surface area contributed by atoms with E-state index in [9.17, 15) is 17.6 Å². The minimum Gasteiger partial charge on any atom is -0.463 e. The number of aliphatic imine (C=N–C) groups is 1. The van der Waals surface area contributed by atoms with Gasteiger partial charge in [0.25, 0.3) is 6.43 Å². The van der Waals surface area contributed by atoms with E-state index in [-0.39, 0.29) is 34.7 Å². The van der Waals surface area contributed by atoms with E-state index in [1.165, 1.54) is 32.4 Å². The molecule has 7 nitrogen and oxygen atoms in total. The van der Waals surface area contributed by atoms with Gasteiger partial charge in [0.05, 0.1) is 16.5 Å². The van der Waals surface area contributed by atoms with Crippen LogP contribution in [-0.2, 0) is 6.42 Å². The van der Waals surface area contributed by atoms with Crippen LogP contribution >= 0.6 is 11.8 Å². The third-order valence-corrected chi connectivity index (χ3v) is 6.01. The molecule has 0 bridgehead atoms. The van der Waals surface area contributed by atoms with Crippen molar-refractivity contribution in [1.29, 1.82) is 0 Å². The molecule has 1 atom stereocenters. The number of thioether (sulfide) groups is 1. The monoisotopic (exact) mass is 506 g/mol. The van der Waals surface area contributed by atoms with E-state index in [4.69, 9.17) is 10.5 Å². The summed E-state index contributed by atoms with van der Waals surface area (Å²) in [4.78, 5) is 16.5. The van der Waals surface area contributed by atoms with Gasteiger partial charge in [-0.05, 0) is 38.0 Å². The zero-order chi connectivity index (χ0) is 25.6. The Morgan fingerprint density at radius 3 is 2.77 bits per heavy atom. The number of halogens is 4. The number of alkyl halides is 2. The maximum absolute atomic E-state index is 14.6. The number of amidine groups is 1. The summed E-state index contributed by atoms with van der Waals surface area (Å²) in [6.07, 6.45) is -0.559. The molecule has 1 aromatic carbocycles. The Hall–Kier alpha value is -3.59. The molecule has 3 N–H and O–H groups in total. The van der Waals surface area contributed by atoms with Gasteiger partial charge in [-0.25, -0.2) is 32.5 Å². The van der Waals surface area contributed by atoms with Gasteiger partial charge in [-0.1, -0.05) is 17.7 Å². The third kappa shape index (κ3) is 6.30. The maximum atomic E-state index is 14.6. The number of nitrogens with one attached hydrogen (secondary N) is 1. The number of anilines is 2. The maximum Gasteiger partial charge on any atom is 0.253 e. The zero-order valence-electron chi connectivity index (χ0n) is 19.1. The molecule has 0 unspecified atom stereocenters. The number of hydrogen-bond donors (Lipinski definition) is 2. The first-order chi connectivity index (χ1) is 16.7. The van der Waals surface area contributed by atoms with E-state index in [1.807, 2.05) is 0 Å². The molecule has 0 spiro atoms. The first-order valence-corrected chi connectivity index (χ1v) is 11.1. The van der Waals surface area contributed by atoms with Crippen LogP contribution < -0.4 is 15.8 Å². The minimum absolute atomic E-state index is 0.0911. The van der Waals surface area contributed by atoms with Gasteiger partial charge in [0, 0.05) is 25.0 Å². The SMILES string of the molecule is CC#CCOc1cnc2c(Nc3cc(F)c(F)c(C[C@@](C)(S/C(N)=N\C)C(F)F)c3)nccc2n1. The van der Waals surface area contributed by atoms with Crippen molar-refractivity contribution in [2.75, 3.05) is 19.0 Å². The fourth-order valence-corrected chi connectivity index (χ4v) is 3.96. The van der Waals surface area contributed by atoms with Crippen LogP contribution in [0.15, 0.2) is 35.6 Å². The second kappa shape index (κ2) is 11.2. The van der Waals surface area contributed by atoms with E-state index in [1.54, 1.807) is 13.0 Å². The van der Waals surface area contributed by atoms with Crippen molar-refractivity contribution >= 4 is 39.5 Å². The average molecular weight is 507 g/mol. The Morgan fingerprint density at radius 1 is 1.31 bits per heavy atom. The lowest BCUT2D eigenvalue weighted by Crippen LogP contribution is -2.36. The van der Waals surface area contributed by atoms with Crippen LogP contribution in [0.2, 0.25) is 0 Å². The fourth-order valence-electron chi connectivity index (χ4n) is 3.08. The van der Waals surface area contributed by atoms with Crippen molar-refractivity contribution in [3.8, 4) is 17.7 Å². The summed E-state index contributed by atoms with van der Waals surface area (Å²) in [5, 5.41) is 2.78. The number of ether oxygens (including phenoxy) is 1. The van der Waals surface area contributed by atoms with E-state index in [2.05, 4.69) is 37.1 Å². The highest BCUT2D eigenvalue weighted by Gasteiger charge is 2.38. The van der Waals surface area contributed by atoms with Crippen LogP contribution in [-0.4, -0.2) is 44.9 Å². The Kier molecular flexibility index (Phi) is 8.34. The molecule has 0 radical (unpaired) electrons. The van der Waals surface area contributed by atoms with Gasteiger partial charge in [0.1, 0.15) is 5.52 Å². The molecule has 2 heterocycles. The quantitative estimate of drug-likeness (QED) is 0.198. The number of aromatic nitrogens is 3. The summed E-state index contributed by atoms with van der Waals surface area (Å²) in [6, 6.07) is 3.75. The van der Waals surface area contributed by atoms with Crippen LogP contribution in [0.4, 0.5) is 29.1 Å². The van der Waals surface area contributed by atoms with Crippen molar-refractivity contribution in [2.24, 2.45) is 10.7 Å². The van der Waals surface area contributed by atoms with Crippen LogP contribution in [0.5, 0.6) is 5.88 Å². The topological polar surface area (TPSA) is 98.3 Å². The van der Waals surface area contributed by atoms with E-state index in [0.29, 0.717) is 22.8 Å². The molecule has 0 aliphatic heterocycles. The van der Waals surface area contributed by atoms with Gasteiger partial charge in [-0.2, -0.15) is 0 Å². The molecule has 0 saturated carbocycles. The molecule has 184 valence electrons. The summed E-state index contributed by atoms with van der Waals surface area (Å²) in [5.74, 6) is 3.48. The molecular formula is C23H22F4N6OS. The van der Waals surface area contributed by atoms with Gasteiger partial charge in [0.2, 0.25) is 5.88 Å². The summed E-state index contributed by atoms with van der Waals surface area (Å²) in [6.45, 7) is 3.05. The number of benzene rings is 1. The summed E-state index contributed by atoms with van der Waals surface area (Å²) < 4.78 is 60.3. The summed E-state index contributed by atoms with van der Waals surface area (Å²) in [5.41, 5.74) is 6.22. The van der Waals surface area contributed by atoms with Crippen molar-refractivity contribution < 1.29 is 22.3 Å². The molecule has 3 rings (SSSR count). The Labute approximate surface area is 203 Å². The van der Waals surface area contributed by atoms with Gasteiger partial charge >= 0.3 is 0 Å². The Balaban J connectivity index is 1.93. The minimum atomic E-state index is -2.89. The van der Waals surface area contributed by atoms with Gasteiger partial charge in [0.15, 0.2) is 29.2 Å². The summed E-state index contributed by atoms with van der Waals surface area (Å²) >= 11 is 0.602. The fraction of sp³-hybridized carbons (Fsp3) is 0.304. The second-order valence-electron chi connectivity index (χ2n) is 7.46. The van der Waals surface area contributed by atoms with Gasteiger partial charge in [-0.3, -0.25) is 4.99 Å². The molecule has 0 fully saturated rings. The number of nitrogens with two attached hydrogens (primary N) is 1. The highest BCUT2D eigenvalue weighted by molar-refractivity contribution is 8.15. The third-order valence-electron chi connectivity index (χ3n) is 4.83. The standard InChI is InChI=1S/C23H22F4N6OS/c1-4-5-8-34-17-12-31-19-16(33-17)6-7-30-20(19)32-14-9-13(18(25)15(24)10-14)11-23(2,21(26)27)35-22(28)29-3/h6-7,9-10,12,21H,8,11H2,1-3H3,(H2,28,29)(H,30,32)/t23-/m1/s1. The van der Waals surface area contributed by atoms with Crippen molar-refractivity contribution in [3.05, 3.63) is 47.8 Å². The van der Waals surface area contributed by atoms with Crippen molar-refractivity contribution in [3.63, 3.8) is 0 Å². The van der Waals surface area contributed by atoms with Crippen molar-refractivity contribution in [2.45, 2.75) is 31.4 Å². The first kappa shape index (κ1) is 26.0. The molecular weight excluding hydrogens is 484 g/mol. The first-order valence-electron chi connectivity index (χ1n) is 10.3. The van der Waals surface area contributed by atoms with Crippen molar-refractivity contribution in [1.82, 2.24) is 15.0 Å². The lowest BCUT2D eigenvalue weighted by Gasteiger charge is -2.28. The summed E-state index contributed by atoms with van der Waals surface area (Å²) in [7, 11) is 1.35. The molecule has 0 saturated heterocycles. The molecule has 12 heteroatoms. The number of rotatable bonds is 8. The number of pyridine rings is 1. The van der Waals surface area contributed by atoms with Crippen LogP contribution in [0.1, 0.15) is 19.4 Å². The molecule has 0 aliphatic carbocycles. The second-order valence-corrected chi connectivity index (χ2v) is 9.02. The molecule has 2 aromatic heterocycles. The lowest BCUT2D eigenvalue weighted by molar-refractivity contribution is 0.106. The Bertz CT molecular complexity index is 1310. The predicted molar refractivity (Wildman–Crippen MR) is 129 cm³/mol. The normalized spacial score (nSPS) is 13.3. The lowest BCUT2D eigenvalue weighted by atomic mass is 9.99. The number of fused-ring (bicyclic) bond motifs is 1. The average Bonchev–Trinajstić information content (AvgIpc) is 2.82. The van der Waals surface area contributed by atoms with Crippen LogP contribution in [0, 0.1) is 23.5 Å². The zero-order valence-corrected chi connectivity index (χ0v) is 19.9. The highest BCUT2D eigenvalue weighted by Crippen LogP contribution is 2.37. The van der Waals surface area contributed by atoms with Crippen LogP contribution in [0.3, 0.4) is 0 Å². The molecule has 0 aliphatic rings. The Morgan fingerprint density at radius 2 is 2.09 bits per heavy atom. The largest absolute Gasteiger partial charge is 0.463 e. The van der Waals surface area contributed by atoms with Gasteiger partial charge in [-0.15, -0.1) is 5.92 Å². The number of hydrogen-bond acceptors (Lipinski definition) is 7.